The lowest BCUT2D eigenvalue weighted by atomic mass is 10.0. The molecule has 158 valence electrons. The zero-order valence-electron chi connectivity index (χ0n) is 17.3. The summed E-state index contributed by atoms with van der Waals surface area (Å²) >= 11 is 0. The molecule has 0 heterocycles. The fourth-order valence-corrected chi connectivity index (χ4v) is 4.39. The molecule has 2 atom stereocenters. The average Bonchev–Trinajstić information content (AvgIpc) is 2.58. The van der Waals surface area contributed by atoms with Crippen molar-refractivity contribution in [3.63, 3.8) is 0 Å². The van der Waals surface area contributed by atoms with Gasteiger partial charge in [-0.05, 0) is 25.7 Å². The van der Waals surface area contributed by atoms with E-state index >= 15 is 0 Å². The Morgan fingerprint density at radius 1 is 0.654 bits per heavy atom. The van der Waals surface area contributed by atoms with Gasteiger partial charge >= 0.3 is 0 Å². The highest BCUT2D eigenvalue weighted by atomic mass is 32.2. The predicted molar refractivity (Wildman–Crippen MR) is 111 cm³/mol. The second-order valence-corrected chi connectivity index (χ2v) is 9.50. The molecular weight excluding hydrogens is 348 g/mol. The van der Waals surface area contributed by atoms with Crippen molar-refractivity contribution in [2.24, 2.45) is 0 Å². The first-order valence-corrected chi connectivity index (χ1v) is 12.6. The van der Waals surface area contributed by atoms with E-state index in [9.17, 15) is 13.5 Å². The third-order valence-electron chi connectivity index (χ3n) is 5.33. The van der Waals surface area contributed by atoms with Crippen LogP contribution in [0.4, 0.5) is 0 Å². The molecule has 4 nitrogen and oxygen atoms in total. The molecule has 0 fully saturated rings. The lowest BCUT2D eigenvalue weighted by molar-refractivity contribution is 0.147. The van der Waals surface area contributed by atoms with Gasteiger partial charge in [0.2, 0.25) is 0 Å². The predicted octanol–water partition coefficient (Wildman–Crippen LogP) is 6.28. The van der Waals surface area contributed by atoms with Gasteiger partial charge in [-0.1, -0.05) is 97.3 Å². The highest BCUT2D eigenvalue weighted by molar-refractivity contribution is 7.86. The summed E-state index contributed by atoms with van der Waals surface area (Å²) in [5.74, 6) is 0. The van der Waals surface area contributed by atoms with Crippen LogP contribution in [0.1, 0.15) is 123 Å². The molecule has 26 heavy (non-hydrogen) atoms. The Balaban J connectivity index is 3.41. The molecular formula is C21H44O4S. The van der Waals surface area contributed by atoms with Crippen LogP contribution in [0.2, 0.25) is 0 Å². The summed E-state index contributed by atoms with van der Waals surface area (Å²) in [6.07, 6.45) is 18.2. The van der Waals surface area contributed by atoms with E-state index < -0.39 is 15.4 Å². The van der Waals surface area contributed by atoms with Gasteiger partial charge in [0.1, 0.15) is 0 Å². The van der Waals surface area contributed by atoms with Gasteiger partial charge in [0.25, 0.3) is 10.1 Å². The maximum atomic E-state index is 11.1. The standard InChI is InChI=1S/C21H44O4S/c1-3-5-6-7-8-9-10-11-12-14-17-20(22)18-15-13-16-19-21(4-2)26(23,24)25/h20-22H,3-19H2,1-2H3,(H,23,24,25). The monoisotopic (exact) mass is 392 g/mol. The molecule has 0 saturated heterocycles. The van der Waals surface area contributed by atoms with Gasteiger partial charge in [-0.3, -0.25) is 4.55 Å². The molecule has 0 aromatic carbocycles. The Labute approximate surface area is 162 Å². The van der Waals surface area contributed by atoms with Crippen molar-refractivity contribution >= 4 is 10.1 Å². The molecule has 5 heteroatoms. The summed E-state index contributed by atoms with van der Waals surface area (Å²) in [6.45, 7) is 4.04. The Hall–Kier alpha value is -0.130. The van der Waals surface area contributed by atoms with Gasteiger partial charge in [0, 0.05) is 0 Å². The molecule has 0 aliphatic carbocycles. The van der Waals surface area contributed by atoms with E-state index in [4.69, 9.17) is 4.55 Å². The molecule has 0 aromatic rings. The quantitative estimate of drug-likeness (QED) is 0.200. The van der Waals surface area contributed by atoms with E-state index in [1.807, 2.05) is 0 Å². The summed E-state index contributed by atoms with van der Waals surface area (Å²) in [6, 6.07) is 0. The Kier molecular flexibility index (Phi) is 16.9. The van der Waals surface area contributed by atoms with Crippen molar-refractivity contribution < 1.29 is 18.1 Å². The number of rotatable bonds is 19. The number of unbranched alkanes of at least 4 members (excludes halogenated alkanes) is 11. The van der Waals surface area contributed by atoms with Crippen molar-refractivity contribution in [2.45, 2.75) is 134 Å². The number of hydrogen-bond donors (Lipinski definition) is 2. The first kappa shape index (κ1) is 25.9. The zero-order chi connectivity index (χ0) is 19.7. The summed E-state index contributed by atoms with van der Waals surface area (Å²) in [5.41, 5.74) is 0. The van der Waals surface area contributed by atoms with E-state index in [-0.39, 0.29) is 6.10 Å². The molecule has 2 N–H and O–H groups in total. The SMILES string of the molecule is CCCCCCCCCCCCC(O)CCCCCC(CC)S(=O)(=O)O. The highest BCUT2D eigenvalue weighted by Gasteiger charge is 2.19. The van der Waals surface area contributed by atoms with Crippen LogP contribution in [0.5, 0.6) is 0 Å². The number of hydrogen-bond acceptors (Lipinski definition) is 3. The van der Waals surface area contributed by atoms with E-state index in [2.05, 4.69) is 6.92 Å². The average molecular weight is 393 g/mol. The van der Waals surface area contributed by atoms with Gasteiger partial charge in [-0.2, -0.15) is 8.42 Å². The van der Waals surface area contributed by atoms with Crippen LogP contribution in [0.25, 0.3) is 0 Å². The molecule has 0 spiro atoms. The summed E-state index contributed by atoms with van der Waals surface area (Å²) in [4.78, 5) is 0. The molecule has 0 bridgehead atoms. The summed E-state index contributed by atoms with van der Waals surface area (Å²) in [7, 11) is -3.90. The van der Waals surface area contributed by atoms with Crippen LogP contribution in [0.15, 0.2) is 0 Å². The first-order valence-electron chi connectivity index (χ1n) is 11.1. The molecule has 0 aliphatic heterocycles. The van der Waals surface area contributed by atoms with Crippen LogP contribution in [0.3, 0.4) is 0 Å². The van der Waals surface area contributed by atoms with Crippen molar-refractivity contribution in [3.05, 3.63) is 0 Å². The normalized spacial score (nSPS) is 14.5. The van der Waals surface area contributed by atoms with E-state index in [1.165, 1.54) is 57.8 Å². The van der Waals surface area contributed by atoms with Crippen LogP contribution >= 0.6 is 0 Å². The van der Waals surface area contributed by atoms with E-state index in [0.717, 1.165) is 38.5 Å². The molecule has 0 aromatic heterocycles. The third-order valence-corrected chi connectivity index (χ3v) is 6.74. The topological polar surface area (TPSA) is 74.6 Å². The molecule has 0 rings (SSSR count). The summed E-state index contributed by atoms with van der Waals surface area (Å²) < 4.78 is 31.3. The maximum Gasteiger partial charge on any atom is 0.267 e. The third kappa shape index (κ3) is 16.1. The van der Waals surface area contributed by atoms with Crippen LogP contribution in [-0.4, -0.2) is 29.4 Å². The maximum absolute atomic E-state index is 11.1. The fraction of sp³-hybridized carbons (Fsp3) is 1.00. The Bertz CT molecular complexity index is 395. The van der Waals surface area contributed by atoms with Crippen LogP contribution < -0.4 is 0 Å². The number of aliphatic hydroxyl groups is 1. The fourth-order valence-electron chi connectivity index (χ4n) is 3.50. The van der Waals surface area contributed by atoms with Gasteiger partial charge in [-0.25, -0.2) is 0 Å². The second kappa shape index (κ2) is 17.0. The van der Waals surface area contributed by atoms with Crippen molar-refractivity contribution in [1.82, 2.24) is 0 Å². The molecule has 0 amide bonds. The minimum Gasteiger partial charge on any atom is -0.393 e. The van der Waals surface area contributed by atoms with Crippen LogP contribution in [-0.2, 0) is 10.1 Å². The van der Waals surface area contributed by atoms with Crippen LogP contribution in [0, 0.1) is 0 Å². The Morgan fingerprint density at radius 3 is 1.46 bits per heavy atom. The van der Waals surface area contributed by atoms with Crippen molar-refractivity contribution in [2.75, 3.05) is 0 Å². The van der Waals surface area contributed by atoms with E-state index in [0.29, 0.717) is 12.8 Å². The largest absolute Gasteiger partial charge is 0.393 e. The Morgan fingerprint density at radius 2 is 1.04 bits per heavy atom. The van der Waals surface area contributed by atoms with Gasteiger partial charge < -0.3 is 5.11 Å². The first-order chi connectivity index (χ1) is 12.4. The van der Waals surface area contributed by atoms with E-state index in [1.54, 1.807) is 6.92 Å². The minimum absolute atomic E-state index is 0.215. The lowest BCUT2D eigenvalue weighted by Crippen LogP contribution is -2.19. The highest BCUT2D eigenvalue weighted by Crippen LogP contribution is 2.17. The lowest BCUT2D eigenvalue weighted by Gasteiger charge is -2.12. The van der Waals surface area contributed by atoms with Gasteiger partial charge in [0.15, 0.2) is 0 Å². The van der Waals surface area contributed by atoms with Crippen molar-refractivity contribution in [3.8, 4) is 0 Å². The molecule has 0 radical (unpaired) electrons. The van der Waals surface area contributed by atoms with Gasteiger partial charge in [0.05, 0.1) is 11.4 Å². The number of aliphatic hydroxyl groups excluding tert-OH is 1. The van der Waals surface area contributed by atoms with Gasteiger partial charge in [-0.15, -0.1) is 0 Å². The smallest absolute Gasteiger partial charge is 0.267 e. The minimum atomic E-state index is -3.90. The zero-order valence-corrected chi connectivity index (χ0v) is 18.1. The molecule has 0 aliphatic rings. The molecule has 0 saturated carbocycles. The molecule has 2 unspecified atom stereocenters. The van der Waals surface area contributed by atoms with Crippen molar-refractivity contribution in [1.29, 1.82) is 0 Å². The summed E-state index contributed by atoms with van der Waals surface area (Å²) in [5, 5.41) is 9.39. The second-order valence-electron chi connectivity index (χ2n) is 7.81.